The Labute approximate surface area is 212 Å². The molecule has 0 saturated carbocycles. The molecule has 176 valence electrons. The van der Waals surface area contributed by atoms with E-state index in [1.165, 1.54) is 4.90 Å². The van der Waals surface area contributed by atoms with Crippen LogP contribution in [0.1, 0.15) is 28.3 Å². The van der Waals surface area contributed by atoms with Crippen LogP contribution in [0.3, 0.4) is 0 Å². The number of H-pyrrole nitrogens is 1. The smallest absolute Gasteiger partial charge is 0.295 e. The van der Waals surface area contributed by atoms with Gasteiger partial charge in [0.05, 0.1) is 11.6 Å². The van der Waals surface area contributed by atoms with Gasteiger partial charge in [-0.3, -0.25) is 9.59 Å². The average molecular weight is 505 g/mol. The Kier molecular flexibility index (Phi) is 6.13. The van der Waals surface area contributed by atoms with Crippen molar-refractivity contribution in [2.24, 2.45) is 0 Å². The van der Waals surface area contributed by atoms with Crippen LogP contribution >= 0.6 is 23.2 Å². The highest BCUT2D eigenvalue weighted by molar-refractivity contribution is 6.47. The highest BCUT2D eigenvalue weighted by Crippen LogP contribution is 2.42. The number of benzene rings is 3. The van der Waals surface area contributed by atoms with Crippen molar-refractivity contribution in [3.63, 3.8) is 0 Å². The first-order valence-corrected chi connectivity index (χ1v) is 12.0. The fourth-order valence-corrected chi connectivity index (χ4v) is 5.12. The number of hydrogen-bond acceptors (Lipinski definition) is 3. The molecule has 7 heteroatoms. The third-order valence-electron chi connectivity index (χ3n) is 6.42. The van der Waals surface area contributed by atoms with E-state index in [2.05, 4.69) is 4.98 Å². The maximum Gasteiger partial charge on any atom is 0.295 e. The number of likely N-dealkylation sites (tertiary alicyclic amines) is 1. The lowest BCUT2D eigenvalue weighted by molar-refractivity contribution is -0.139. The molecule has 2 heterocycles. The molecule has 0 bridgehead atoms. The fraction of sp³-hybridized carbons (Fsp3) is 0.143. The summed E-state index contributed by atoms with van der Waals surface area (Å²) >= 11 is 12.7. The van der Waals surface area contributed by atoms with E-state index < -0.39 is 17.7 Å². The van der Waals surface area contributed by atoms with Crippen LogP contribution in [0.2, 0.25) is 10.0 Å². The number of fused-ring (bicyclic) bond motifs is 1. The van der Waals surface area contributed by atoms with Gasteiger partial charge < -0.3 is 15.0 Å². The summed E-state index contributed by atoms with van der Waals surface area (Å²) < 4.78 is 0. The molecule has 1 aliphatic rings. The summed E-state index contributed by atoms with van der Waals surface area (Å²) in [6, 6.07) is 19.1. The molecule has 1 unspecified atom stereocenters. The predicted molar refractivity (Wildman–Crippen MR) is 139 cm³/mol. The average Bonchev–Trinajstić information content (AvgIpc) is 3.36. The molecule has 1 aliphatic heterocycles. The number of aryl methyl sites for hydroxylation is 1. The Morgan fingerprint density at radius 2 is 1.77 bits per heavy atom. The molecule has 5 rings (SSSR count). The van der Waals surface area contributed by atoms with E-state index in [1.54, 1.807) is 30.3 Å². The van der Waals surface area contributed by atoms with E-state index in [9.17, 15) is 14.7 Å². The molecular weight excluding hydrogens is 483 g/mol. The Morgan fingerprint density at radius 3 is 2.51 bits per heavy atom. The van der Waals surface area contributed by atoms with Crippen molar-refractivity contribution in [1.82, 2.24) is 9.88 Å². The topological polar surface area (TPSA) is 73.4 Å². The monoisotopic (exact) mass is 504 g/mol. The van der Waals surface area contributed by atoms with E-state index in [0.717, 1.165) is 22.0 Å². The molecule has 4 aromatic rings. The first-order chi connectivity index (χ1) is 16.8. The van der Waals surface area contributed by atoms with Crippen molar-refractivity contribution in [2.75, 3.05) is 6.54 Å². The van der Waals surface area contributed by atoms with Gasteiger partial charge in [0.1, 0.15) is 5.76 Å². The van der Waals surface area contributed by atoms with Crippen LogP contribution in [0.4, 0.5) is 0 Å². The number of halogens is 2. The molecule has 35 heavy (non-hydrogen) atoms. The normalized spacial score (nSPS) is 17.5. The number of aromatic nitrogens is 1. The number of rotatable bonds is 5. The van der Waals surface area contributed by atoms with Crippen molar-refractivity contribution in [3.05, 3.63) is 111 Å². The second-order valence-corrected chi connectivity index (χ2v) is 9.48. The number of Topliss-reactive ketones (excluding diaryl/α,β-unsaturated/α-hetero) is 1. The van der Waals surface area contributed by atoms with Gasteiger partial charge in [0.25, 0.3) is 11.7 Å². The lowest BCUT2D eigenvalue weighted by atomic mass is 9.95. The van der Waals surface area contributed by atoms with Crippen LogP contribution in [0.5, 0.6) is 0 Å². The van der Waals surface area contributed by atoms with E-state index >= 15 is 0 Å². The summed E-state index contributed by atoms with van der Waals surface area (Å²) in [6.45, 7) is 2.20. The first kappa shape index (κ1) is 23.2. The predicted octanol–water partition coefficient (Wildman–Crippen LogP) is 6.45. The third kappa shape index (κ3) is 4.22. The summed E-state index contributed by atoms with van der Waals surface area (Å²) in [5.41, 5.74) is 4.05. The second-order valence-electron chi connectivity index (χ2n) is 8.63. The summed E-state index contributed by atoms with van der Waals surface area (Å²) in [7, 11) is 0. The highest BCUT2D eigenvalue weighted by Gasteiger charge is 2.46. The maximum atomic E-state index is 13.2. The standard InChI is InChI=1S/C28H22Cl2N2O3/c1-16-6-8-17(9-7-16)26(33)24-25(21-11-10-19(29)14-22(21)30)32(28(35)27(24)34)13-12-18-15-31-23-5-3-2-4-20(18)23/h2-11,14-15,25,31,33H,12-13H2,1H3/b26-24-. The van der Waals surface area contributed by atoms with E-state index in [1.807, 2.05) is 49.5 Å². The molecule has 0 spiro atoms. The number of nitrogens with one attached hydrogen (secondary N) is 1. The van der Waals surface area contributed by atoms with Gasteiger partial charge in [-0.15, -0.1) is 0 Å². The molecule has 0 aliphatic carbocycles. The zero-order chi connectivity index (χ0) is 24.7. The number of ketones is 1. The molecule has 1 aromatic heterocycles. The zero-order valence-corrected chi connectivity index (χ0v) is 20.4. The molecule has 5 nitrogen and oxygen atoms in total. The van der Waals surface area contributed by atoms with Gasteiger partial charge in [0, 0.05) is 39.3 Å². The first-order valence-electron chi connectivity index (χ1n) is 11.2. The molecule has 0 radical (unpaired) electrons. The lowest BCUT2D eigenvalue weighted by Crippen LogP contribution is -2.31. The SMILES string of the molecule is Cc1ccc(/C(O)=C2/C(=O)C(=O)N(CCc3c[nH]c4ccccc34)C2c2ccc(Cl)cc2Cl)cc1. The molecule has 1 atom stereocenters. The largest absolute Gasteiger partial charge is 0.507 e. The number of hydrogen-bond donors (Lipinski definition) is 2. The number of carbonyl (C=O) groups is 2. The van der Waals surface area contributed by atoms with Crippen molar-refractivity contribution in [1.29, 1.82) is 0 Å². The van der Waals surface area contributed by atoms with Crippen molar-refractivity contribution < 1.29 is 14.7 Å². The van der Waals surface area contributed by atoms with Gasteiger partial charge in [-0.1, -0.05) is 77.3 Å². The Bertz CT molecular complexity index is 1490. The van der Waals surface area contributed by atoms with Crippen LogP contribution < -0.4 is 0 Å². The van der Waals surface area contributed by atoms with Crippen LogP contribution in [0.25, 0.3) is 16.7 Å². The molecule has 1 saturated heterocycles. The molecule has 2 N–H and O–H groups in total. The van der Waals surface area contributed by atoms with Gasteiger partial charge >= 0.3 is 0 Å². The summed E-state index contributed by atoms with van der Waals surface area (Å²) in [6.07, 6.45) is 2.43. The zero-order valence-electron chi connectivity index (χ0n) is 18.9. The van der Waals surface area contributed by atoms with Gasteiger partial charge in [-0.05, 0) is 42.7 Å². The number of para-hydroxylation sites is 1. The van der Waals surface area contributed by atoms with E-state index in [-0.39, 0.29) is 17.9 Å². The minimum Gasteiger partial charge on any atom is -0.507 e. The van der Waals surface area contributed by atoms with Crippen LogP contribution in [-0.4, -0.2) is 33.2 Å². The molecule has 1 amide bonds. The number of carbonyl (C=O) groups excluding carboxylic acids is 2. The summed E-state index contributed by atoms with van der Waals surface area (Å²) in [5.74, 6) is -1.64. The third-order valence-corrected chi connectivity index (χ3v) is 6.98. The minimum atomic E-state index is -0.841. The second kappa shape index (κ2) is 9.25. The van der Waals surface area contributed by atoms with Gasteiger partial charge in [-0.25, -0.2) is 0 Å². The summed E-state index contributed by atoms with van der Waals surface area (Å²) in [5, 5.41) is 13.0. The number of aliphatic hydroxyl groups is 1. The van der Waals surface area contributed by atoms with E-state index in [0.29, 0.717) is 27.6 Å². The Balaban J connectivity index is 1.59. The van der Waals surface area contributed by atoms with Gasteiger partial charge in [0.2, 0.25) is 0 Å². The number of aliphatic hydroxyl groups excluding tert-OH is 1. The highest BCUT2D eigenvalue weighted by atomic mass is 35.5. The molecule has 3 aromatic carbocycles. The fourth-order valence-electron chi connectivity index (χ4n) is 4.60. The lowest BCUT2D eigenvalue weighted by Gasteiger charge is -2.26. The van der Waals surface area contributed by atoms with Gasteiger partial charge in [-0.2, -0.15) is 0 Å². The minimum absolute atomic E-state index is 0.0157. The van der Waals surface area contributed by atoms with Crippen molar-refractivity contribution in [3.8, 4) is 0 Å². The molecule has 1 fully saturated rings. The Morgan fingerprint density at radius 1 is 1.03 bits per heavy atom. The number of amides is 1. The van der Waals surface area contributed by atoms with Crippen molar-refractivity contribution >= 4 is 51.6 Å². The number of aromatic amines is 1. The molecular formula is C28H22Cl2N2O3. The Hall–Kier alpha value is -3.54. The van der Waals surface area contributed by atoms with Crippen LogP contribution in [0, 0.1) is 6.92 Å². The van der Waals surface area contributed by atoms with Crippen LogP contribution in [0.15, 0.2) is 78.5 Å². The summed E-state index contributed by atoms with van der Waals surface area (Å²) in [4.78, 5) is 31.2. The van der Waals surface area contributed by atoms with Crippen molar-refractivity contribution in [2.45, 2.75) is 19.4 Å². The number of nitrogens with zero attached hydrogens (tertiary/aromatic N) is 1. The quantitative estimate of drug-likeness (QED) is 0.186. The van der Waals surface area contributed by atoms with Gasteiger partial charge in [0.15, 0.2) is 0 Å². The van der Waals surface area contributed by atoms with Crippen LogP contribution in [-0.2, 0) is 16.0 Å². The van der Waals surface area contributed by atoms with E-state index in [4.69, 9.17) is 23.2 Å². The maximum absolute atomic E-state index is 13.2.